The van der Waals surface area contributed by atoms with Crippen LogP contribution in [0.15, 0.2) is 60.7 Å². The first-order valence-corrected chi connectivity index (χ1v) is 7.93. The summed E-state index contributed by atoms with van der Waals surface area (Å²) in [5.74, 6) is 0.596. The zero-order chi connectivity index (χ0) is 15.2. The lowest BCUT2D eigenvalue weighted by atomic mass is 9.97. The summed E-state index contributed by atoms with van der Waals surface area (Å²) in [5.41, 5.74) is 2.23. The van der Waals surface area contributed by atoms with E-state index in [2.05, 4.69) is 34.9 Å². The summed E-state index contributed by atoms with van der Waals surface area (Å²) in [6.07, 6.45) is 1.69. The zero-order valence-corrected chi connectivity index (χ0v) is 12.7. The van der Waals surface area contributed by atoms with Gasteiger partial charge in [-0.25, -0.2) is 0 Å². The van der Waals surface area contributed by atoms with E-state index in [4.69, 9.17) is 0 Å². The summed E-state index contributed by atoms with van der Waals surface area (Å²) >= 11 is 0. The Kier molecular flexibility index (Phi) is 4.86. The van der Waals surface area contributed by atoms with Gasteiger partial charge in [0.05, 0.1) is 6.04 Å². The molecule has 1 saturated heterocycles. The molecule has 1 unspecified atom stereocenters. The molecule has 3 rings (SSSR count). The van der Waals surface area contributed by atoms with Crippen molar-refractivity contribution in [1.29, 1.82) is 0 Å². The molecule has 22 heavy (non-hydrogen) atoms. The molecule has 2 N–H and O–H groups in total. The van der Waals surface area contributed by atoms with Crippen molar-refractivity contribution in [3.8, 4) is 0 Å². The van der Waals surface area contributed by atoms with Crippen LogP contribution in [-0.2, 0) is 4.79 Å². The fourth-order valence-corrected chi connectivity index (χ4v) is 3.02. The second-order valence-corrected chi connectivity index (χ2v) is 5.88. The highest BCUT2D eigenvalue weighted by Gasteiger charge is 2.21. The summed E-state index contributed by atoms with van der Waals surface area (Å²) < 4.78 is 0. The number of rotatable bonds is 5. The number of benzene rings is 2. The Bertz CT molecular complexity index is 552. The lowest BCUT2D eigenvalue weighted by Crippen LogP contribution is -2.31. The van der Waals surface area contributed by atoms with Gasteiger partial charge in [-0.3, -0.25) is 4.79 Å². The van der Waals surface area contributed by atoms with Crippen molar-refractivity contribution in [3.63, 3.8) is 0 Å². The van der Waals surface area contributed by atoms with Crippen LogP contribution in [0.3, 0.4) is 0 Å². The molecule has 1 heterocycles. The molecule has 1 amide bonds. The Morgan fingerprint density at radius 1 is 1.05 bits per heavy atom. The SMILES string of the molecule is O=C(CC1CCNC1)NC(c1ccccc1)c1ccccc1. The molecule has 2 aromatic carbocycles. The molecule has 0 saturated carbocycles. The molecule has 0 radical (unpaired) electrons. The predicted molar refractivity (Wildman–Crippen MR) is 88.5 cm³/mol. The van der Waals surface area contributed by atoms with E-state index < -0.39 is 0 Å². The smallest absolute Gasteiger partial charge is 0.221 e. The van der Waals surface area contributed by atoms with Gasteiger partial charge in [-0.2, -0.15) is 0 Å². The molecular weight excluding hydrogens is 272 g/mol. The largest absolute Gasteiger partial charge is 0.345 e. The summed E-state index contributed by atoms with van der Waals surface area (Å²) in [4.78, 5) is 12.4. The van der Waals surface area contributed by atoms with Gasteiger partial charge in [-0.05, 0) is 36.6 Å². The second-order valence-electron chi connectivity index (χ2n) is 5.88. The Balaban J connectivity index is 1.75. The first-order chi connectivity index (χ1) is 10.8. The third kappa shape index (κ3) is 3.74. The summed E-state index contributed by atoms with van der Waals surface area (Å²) in [6, 6.07) is 20.2. The van der Waals surface area contributed by atoms with Crippen LogP contribution in [0.25, 0.3) is 0 Å². The van der Waals surface area contributed by atoms with Gasteiger partial charge in [0.25, 0.3) is 0 Å². The van der Waals surface area contributed by atoms with Crippen molar-refractivity contribution in [2.45, 2.75) is 18.9 Å². The molecule has 3 nitrogen and oxygen atoms in total. The van der Waals surface area contributed by atoms with Crippen molar-refractivity contribution in [1.82, 2.24) is 10.6 Å². The van der Waals surface area contributed by atoms with Gasteiger partial charge in [0.1, 0.15) is 0 Å². The zero-order valence-electron chi connectivity index (χ0n) is 12.7. The van der Waals surface area contributed by atoms with E-state index in [0.29, 0.717) is 12.3 Å². The maximum absolute atomic E-state index is 12.4. The predicted octanol–water partition coefficient (Wildman–Crippen LogP) is 2.89. The van der Waals surface area contributed by atoms with Crippen LogP contribution in [-0.4, -0.2) is 19.0 Å². The van der Waals surface area contributed by atoms with Crippen LogP contribution in [0, 0.1) is 5.92 Å². The van der Waals surface area contributed by atoms with E-state index in [1.165, 1.54) is 0 Å². The second kappa shape index (κ2) is 7.23. The van der Waals surface area contributed by atoms with Crippen molar-refractivity contribution in [2.24, 2.45) is 5.92 Å². The molecule has 1 fully saturated rings. The summed E-state index contributed by atoms with van der Waals surface area (Å²) in [7, 11) is 0. The lowest BCUT2D eigenvalue weighted by molar-refractivity contribution is -0.122. The van der Waals surface area contributed by atoms with E-state index in [1.807, 2.05) is 36.4 Å². The van der Waals surface area contributed by atoms with Gasteiger partial charge in [0.2, 0.25) is 5.91 Å². The fraction of sp³-hybridized carbons (Fsp3) is 0.316. The van der Waals surface area contributed by atoms with Gasteiger partial charge in [0, 0.05) is 6.42 Å². The molecule has 0 spiro atoms. The Labute approximate surface area is 131 Å². The number of carbonyl (C=O) groups is 1. The molecule has 1 aliphatic rings. The third-order valence-corrected chi connectivity index (χ3v) is 4.21. The highest BCUT2D eigenvalue weighted by Crippen LogP contribution is 2.22. The molecule has 114 valence electrons. The minimum atomic E-state index is -0.0794. The minimum Gasteiger partial charge on any atom is -0.345 e. The van der Waals surface area contributed by atoms with Crippen molar-refractivity contribution in [3.05, 3.63) is 71.8 Å². The average Bonchev–Trinajstić information content (AvgIpc) is 3.07. The van der Waals surface area contributed by atoms with Gasteiger partial charge >= 0.3 is 0 Å². The number of hydrogen-bond acceptors (Lipinski definition) is 2. The lowest BCUT2D eigenvalue weighted by Gasteiger charge is -2.21. The average molecular weight is 294 g/mol. The van der Waals surface area contributed by atoms with E-state index >= 15 is 0 Å². The summed E-state index contributed by atoms with van der Waals surface area (Å²) in [5, 5.41) is 6.52. The van der Waals surface area contributed by atoms with E-state index in [9.17, 15) is 4.79 Å². The Hall–Kier alpha value is -2.13. The molecule has 0 bridgehead atoms. The van der Waals surface area contributed by atoms with Crippen LogP contribution in [0.5, 0.6) is 0 Å². The molecule has 1 aliphatic heterocycles. The summed E-state index contributed by atoms with van der Waals surface area (Å²) in [6.45, 7) is 1.98. The number of nitrogens with one attached hydrogen (secondary N) is 2. The standard InChI is InChI=1S/C19H22N2O/c22-18(13-15-11-12-20-14-15)21-19(16-7-3-1-4-8-16)17-9-5-2-6-10-17/h1-10,15,19-20H,11-14H2,(H,21,22). The topological polar surface area (TPSA) is 41.1 Å². The Morgan fingerprint density at radius 3 is 2.14 bits per heavy atom. The van der Waals surface area contributed by atoms with Crippen LogP contribution in [0.4, 0.5) is 0 Å². The van der Waals surface area contributed by atoms with Gasteiger partial charge in [-0.15, -0.1) is 0 Å². The number of carbonyl (C=O) groups excluding carboxylic acids is 1. The van der Waals surface area contributed by atoms with Crippen LogP contribution >= 0.6 is 0 Å². The molecule has 0 aliphatic carbocycles. The van der Waals surface area contributed by atoms with Crippen molar-refractivity contribution >= 4 is 5.91 Å². The fourth-order valence-electron chi connectivity index (χ4n) is 3.02. The highest BCUT2D eigenvalue weighted by molar-refractivity contribution is 5.77. The third-order valence-electron chi connectivity index (χ3n) is 4.21. The van der Waals surface area contributed by atoms with Crippen LogP contribution in [0.2, 0.25) is 0 Å². The molecule has 3 heteroatoms. The molecule has 1 atom stereocenters. The molecular formula is C19H22N2O. The number of hydrogen-bond donors (Lipinski definition) is 2. The van der Waals surface area contributed by atoms with Crippen LogP contribution in [0.1, 0.15) is 30.0 Å². The van der Waals surface area contributed by atoms with Crippen molar-refractivity contribution in [2.75, 3.05) is 13.1 Å². The minimum absolute atomic E-state index is 0.0794. The van der Waals surface area contributed by atoms with Crippen LogP contribution < -0.4 is 10.6 Å². The normalized spacial score (nSPS) is 17.6. The quantitative estimate of drug-likeness (QED) is 0.890. The van der Waals surface area contributed by atoms with E-state index in [-0.39, 0.29) is 11.9 Å². The maximum Gasteiger partial charge on any atom is 0.221 e. The van der Waals surface area contributed by atoms with E-state index in [1.54, 1.807) is 0 Å². The first-order valence-electron chi connectivity index (χ1n) is 7.93. The first kappa shape index (κ1) is 14.8. The monoisotopic (exact) mass is 294 g/mol. The van der Waals surface area contributed by atoms with Gasteiger partial charge < -0.3 is 10.6 Å². The van der Waals surface area contributed by atoms with Crippen molar-refractivity contribution < 1.29 is 4.79 Å². The van der Waals surface area contributed by atoms with Gasteiger partial charge in [-0.1, -0.05) is 60.7 Å². The highest BCUT2D eigenvalue weighted by atomic mass is 16.1. The van der Waals surface area contributed by atoms with E-state index in [0.717, 1.165) is 30.6 Å². The Morgan fingerprint density at radius 2 is 1.64 bits per heavy atom. The molecule has 2 aromatic rings. The molecule has 0 aromatic heterocycles. The maximum atomic E-state index is 12.4. The van der Waals surface area contributed by atoms with Gasteiger partial charge in [0.15, 0.2) is 0 Å². The number of amides is 1.